The second-order valence-corrected chi connectivity index (χ2v) is 14.8. The molecule has 0 aliphatic heterocycles. The maximum absolute atomic E-state index is 12.9. The Morgan fingerprint density at radius 2 is 1.72 bits per heavy atom. The lowest BCUT2D eigenvalue weighted by Gasteiger charge is -2.72. The molecule has 0 radical (unpaired) electrons. The van der Waals surface area contributed by atoms with Crippen LogP contribution in [-0.2, 0) is 9.53 Å². The lowest BCUT2D eigenvalue weighted by atomic mass is 9.33. The number of rotatable bonds is 3. The van der Waals surface area contributed by atoms with E-state index >= 15 is 0 Å². The van der Waals surface area contributed by atoms with E-state index in [1.807, 2.05) is 7.11 Å². The van der Waals surface area contributed by atoms with E-state index in [1.165, 1.54) is 5.57 Å². The van der Waals surface area contributed by atoms with Crippen molar-refractivity contribution >= 4 is 5.97 Å². The van der Waals surface area contributed by atoms with Crippen molar-refractivity contribution in [3.8, 4) is 0 Å². The van der Waals surface area contributed by atoms with Gasteiger partial charge in [-0.1, -0.05) is 53.2 Å². The number of methoxy groups -OCH3 is 1. The molecule has 11 unspecified atom stereocenters. The monoisotopic (exact) mass is 502 g/mol. The second kappa shape index (κ2) is 8.29. The highest BCUT2D eigenvalue weighted by Crippen LogP contribution is 2.76. The summed E-state index contributed by atoms with van der Waals surface area (Å²) in [5.74, 6) is 0.297. The molecule has 0 heterocycles. The minimum absolute atomic E-state index is 0.0159. The number of aliphatic carboxylic acids is 1. The molecule has 4 fully saturated rings. The summed E-state index contributed by atoms with van der Waals surface area (Å²) in [5, 5.41) is 31.8. The topological polar surface area (TPSA) is 87.0 Å². The summed E-state index contributed by atoms with van der Waals surface area (Å²) in [5.41, 5.74) is 0.373. The molecular weight excluding hydrogens is 452 g/mol. The fourth-order valence-corrected chi connectivity index (χ4v) is 11.3. The molecule has 5 rings (SSSR count). The zero-order valence-electron chi connectivity index (χ0n) is 23.6. The van der Waals surface area contributed by atoms with E-state index in [9.17, 15) is 20.1 Å². The van der Waals surface area contributed by atoms with Gasteiger partial charge in [0.05, 0.1) is 17.6 Å². The molecule has 36 heavy (non-hydrogen) atoms. The number of hydrogen-bond donors (Lipinski definition) is 3. The Balaban J connectivity index is 1.68. The van der Waals surface area contributed by atoms with Crippen molar-refractivity contribution in [3.63, 3.8) is 0 Å². The summed E-state index contributed by atoms with van der Waals surface area (Å²) >= 11 is 0. The van der Waals surface area contributed by atoms with Gasteiger partial charge in [-0.3, -0.25) is 4.79 Å². The van der Waals surface area contributed by atoms with Gasteiger partial charge in [-0.2, -0.15) is 0 Å². The van der Waals surface area contributed by atoms with Crippen molar-refractivity contribution in [1.82, 2.24) is 0 Å². The van der Waals surface area contributed by atoms with Crippen LogP contribution in [0.4, 0.5) is 0 Å². The molecule has 0 bridgehead atoms. The number of carbonyl (C=O) groups is 1. The van der Waals surface area contributed by atoms with Gasteiger partial charge in [-0.25, -0.2) is 0 Å². The molecule has 5 aliphatic carbocycles. The third-order valence-electron chi connectivity index (χ3n) is 13.6. The van der Waals surface area contributed by atoms with Crippen molar-refractivity contribution in [2.45, 2.75) is 105 Å². The van der Waals surface area contributed by atoms with Crippen molar-refractivity contribution in [1.29, 1.82) is 0 Å². The van der Waals surface area contributed by atoms with Crippen LogP contribution in [0.5, 0.6) is 0 Å². The minimum Gasteiger partial charge on any atom is -0.481 e. The largest absolute Gasteiger partial charge is 0.481 e. The summed E-state index contributed by atoms with van der Waals surface area (Å²) in [6.45, 7) is 14.2. The van der Waals surface area contributed by atoms with Crippen LogP contribution in [0.1, 0.15) is 92.9 Å². The third-order valence-corrected chi connectivity index (χ3v) is 13.6. The van der Waals surface area contributed by atoms with Crippen molar-refractivity contribution in [2.75, 3.05) is 13.7 Å². The molecule has 5 nitrogen and oxygen atoms in total. The number of hydrogen-bond acceptors (Lipinski definition) is 4. The van der Waals surface area contributed by atoms with E-state index in [4.69, 9.17) is 4.74 Å². The normalized spacial score (nSPS) is 53.8. The second-order valence-electron chi connectivity index (χ2n) is 14.8. The Kier molecular flexibility index (Phi) is 6.15. The zero-order valence-corrected chi connectivity index (χ0v) is 23.6. The highest BCUT2D eigenvalue weighted by Gasteiger charge is 2.71. The van der Waals surface area contributed by atoms with Crippen LogP contribution in [0.2, 0.25) is 0 Å². The van der Waals surface area contributed by atoms with Crippen LogP contribution in [0.15, 0.2) is 11.6 Å². The summed E-state index contributed by atoms with van der Waals surface area (Å²) in [4.78, 5) is 12.9. The summed E-state index contributed by atoms with van der Waals surface area (Å²) in [6, 6.07) is 0. The minimum atomic E-state index is -0.740. The van der Waals surface area contributed by atoms with Crippen LogP contribution in [-0.4, -0.2) is 47.2 Å². The lowest BCUT2D eigenvalue weighted by molar-refractivity contribution is -0.230. The SMILES string of the molecule is COC1C=C2C3C(C)C(CO)CCC3(C(=O)O)CCC2(C)C2(C)CCC3C(C)(C)C(O)CCC3(C)C12. The van der Waals surface area contributed by atoms with Gasteiger partial charge in [-0.15, -0.1) is 0 Å². The molecule has 0 amide bonds. The van der Waals surface area contributed by atoms with Gasteiger partial charge in [0.25, 0.3) is 0 Å². The van der Waals surface area contributed by atoms with E-state index in [1.54, 1.807) is 0 Å². The van der Waals surface area contributed by atoms with Gasteiger partial charge in [0, 0.05) is 19.6 Å². The molecule has 204 valence electrons. The number of aliphatic hydroxyl groups is 2. The predicted octanol–water partition coefficient (Wildman–Crippen LogP) is 5.69. The van der Waals surface area contributed by atoms with E-state index in [0.29, 0.717) is 24.7 Å². The molecule has 4 saturated carbocycles. The first kappa shape index (κ1) is 26.7. The molecule has 0 aromatic rings. The Hall–Kier alpha value is -0.910. The Bertz CT molecular complexity index is 941. The fraction of sp³-hybridized carbons (Fsp3) is 0.903. The van der Waals surface area contributed by atoms with Crippen LogP contribution in [0.3, 0.4) is 0 Å². The number of allylic oxidation sites excluding steroid dienone is 1. The first-order valence-electron chi connectivity index (χ1n) is 14.5. The lowest BCUT2D eigenvalue weighted by Crippen LogP contribution is -2.68. The van der Waals surface area contributed by atoms with Gasteiger partial charge in [0.1, 0.15) is 0 Å². The quantitative estimate of drug-likeness (QED) is 0.432. The van der Waals surface area contributed by atoms with E-state index in [2.05, 4.69) is 47.6 Å². The number of ether oxygens (including phenoxy) is 1. The maximum Gasteiger partial charge on any atom is 0.310 e. The molecule has 5 aliphatic rings. The Labute approximate surface area is 218 Å². The predicted molar refractivity (Wildman–Crippen MR) is 140 cm³/mol. The van der Waals surface area contributed by atoms with Crippen LogP contribution in [0, 0.1) is 56.7 Å². The Morgan fingerprint density at radius 1 is 1.03 bits per heavy atom. The summed E-state index contributed by atoms with van der Waals surface area (Å²) < 4.78 is 6.35. The van der Waals surface area contributed by atoms with E-state index < -0.39 is 11.4 Å². The Morgan fingerprint density at radius 3 is 2.33 bits per heavy atom. The summed E-state index contributed by atoms with van der Waals surface area (Å²) in [6.07, 6.45) is 9.09. The number of aliphatic hydroxyl groups excluding tert-OH is 2. The first-order valence-corrected chi connectivity index (χ1v) is 14.5. The molecule has 0 aromatic carbocycles. The average Bonchev–Trinajstić information content (AvgIpc) is 2.82. The molecular formula is C31H50O5. The number of fused-ring (bicyclic) bond motifs is 7. The fourth-order valence-electron chi connectivity index (χ4n) is 11.3. The molecule has 3 N–H and O–H groups in total. The molecule has 11 atom stereocenters. The smallest absolute Gasteiger partial charge is 0.310 e. The van der Waals surface area contributed by atoms with Gasteiger partial charge >= 0.3 is 5.97 Å². The van der Waals surface area contributed by atoms with Crippen LogP contribution >= 0.6 is 0 Å². The van der Waals surface area contributed by atoms with Crippen LogP contribution < -0.4 is 0 Å². The van der Waals surface area contributed by atoms with Crippen molar-refractivity contribution in [2.24, 2.45) is 56.7 Å². The molecule has 0 spiro atoms. The van der Waals surface area contributed by atoms with E-state index in [0.717, 1.165) is 38.5 Å². The molecule has 5 heteroatoms. The number of carboxylic acids is 1. The summed E-state index contributed by atoms with van der Waals surface area (Å²) in [7, 11) is 1.83. The van der Waals surface area contributed by atoms with Crippen LogP contribution in [0.25, 0.3) is 0 Å². The standard InChI is InChI=1S/C31H50O5/c1-18-19(17-32)8-13-31(26(34)35)15-14-29(5)20(24(18)31)16-21(36-7)25-28(4)11-10-23(33)27(2,3)22(28)9-12-30(25,29)6/h16,18-19,21-25,32-33H,8-15,17H2,1-7H3,(H,34,35). The maximum atomic E-state index is 12.9. The van der Waals surface area contributed by atoms with Crippen molar-refractivity contribution in [3.05, 3.63) is 11.6 Å². The average molecular weight is 503 g/mol. The molecule has 0 saturated heterocycles. The first-order chi connectivity index (χ1) is 16.7. The van der Waals surface area contributed by atoms with Gasteiger partial charge in [0.2, 0.25) is 0 Å². The number of carboxylic acid groups (broad SMARTS) is 1. The van der Waals surface area contributed by atoms with Crippen molar-refractivity contribution < 1.29 is 24.9 Å². The third kappa shape index (κ3) is 3.09. The van der Waals surface area contributed by atoms with Gasteiger partial charge in [0.15, 0.2) is 0 Å². The van der Waals surface area contributed by atoms with Gasteiger partial charge < -0.3 is 20.1 Å². The zero-order chi connectivity index (χ0) is 26.5. The molecule has 0 aromatic heterocycles. The van der Waals surface area contributed by atoms with E-state index in [-0.39, 0.29) is 58.2 Å². The van der Waals surface area contributed by atoms with Gasteiger partial charge in [-0.05, 0) is 96.7 Å². The highest BCUT2D eigenvalue weighted by molar-refractivity contribution is 5.76. The highest BCUT2D eigenvalue weighted by atomic mass is 16.5.